The molecule has 0 bridgehead atoms. The number of ether oxygens (including phenoxy) is 1. The van der Waals surface area contributed by atoms with E-state index in [9.17, 15) is 41.0 Å². The van der Waals surface area contributed by atoms with Gasteiger partial charge in [0, 0.05) is 61.4 Å². The average molecular weight is 711 g/mol. The van der Waals surface area contributed by atoms with Crippen LogP contribution in [0.2, 0.25) is 0 Å². The molecule has 3 aromatic rings. The molecule has 1 amide bonds. The highest BCUT2D eigenvalue weighted by molar-refractivity contribution is 5.70. The lowest BCUT2D eigenvalue weighted by atomic mass is 9.87. The summed E-state index contributed by atoms with van der Waals surface area (Å²) in [6.45, 7) is 3.43. The quantitative estimate of drug-likeness (QED) is 0.225. The number of aromatic nitrogens is 4. The molecule has 1 aliphatic carbocycles. The van der Waals surface area contributed by atoms with Crippen molar-refractivity contribution in [3.8, 4) is 11.1 Å². The summed E-state index contributed by atoms with van der Waals surface area (Å²) in [5.41, 5.74) is -1.70. The Morgan fingerprint density at radius 2 is 1.44 bits per heavy atom. The zero-order valence-electron chi connectivity index (χ0n) is 27.9. The number of rotatable bonds is 9. The first-order valence-electron chi connectivity index (χ1n) is 16.6. The average Bonchev–Trinajstić information content (AvgIpc) is 3.52. The van der Waals surface area contributed by atoms with Crippen molar-refractivity contribution >= 4 is 18.0 Å². The number of nitrogens with zero attached hydrogens (tertiary/aromatic N) is 6. The van der Waals surface area contributed by atoms with Crippen molar-refractivity contribution in [3.63, 3.8) is 0 Å². The van der Waals surface area contributed by atoms with Gasteiger partial charge in [-0.2, -0.15) is 31.4 Å². The molecule has 2 fully saturated rings. The number of piperidine rings is 1. The Labute approximate surface area is 285 Å². The third kappa shape index (κ3) is 8.49. The van der Waals surface area contributed by atoms with Crippen molar-refractivity contribution in [3.05, 3.63) is 59.7 Å². The summed E-state index contributed by atoms with van der Waals surface area (Å²) in [6.07, 6.45) is -1.20. The number of aliphatic carboxylic acids is 1. The summed E-state index contributed by atoms with van der Waals surface area (Å²) in [6, 6.07) is 0.328. The minimum atomic E-state index is -5.01. The highest BCUT2D eigenvalue weighted by Gasteiger charge is 2.42. The molecule has 2 unspecified atom stereocenters. The number of aryl methyl sites for hydroxylation is 1. The second-order valence-corrected chi connectivity index (χ2v) is 13.1. The van der Waals surface area contributed by atoms with Crippen LogP contribution < -0.4 is 4.90 Å². The molecule has 1 N–H and O–H groups in total. The number of hydrogen-bond acceptors (Lipinski definition) is 7. The molecule has 3 heterocycles. The highest BCUT2D eigenvalue weighted by atomic mass is 19.4. The SMILES string of the molecule is CCC1CC(N(Cc2cc(C(F)(F)F)cc(C(F)(F)F)c2)c2ncc(-c3cnn(C)c3)cn2)CC(CC)N1C(=O)OC1CCC(C(=O)O)CC1. The lowest BCUT2D eigenvalue weighted by Gasteiger charge is -2.47. The second-order valence-electron chi connectivity index (χ2n) is 13.1. The summed E-state index contributed by atoms with van der Waals surface area (Å²) in [7, 11) is 1.74. The molecule has 1 aromatic carbocycles. The zero-order valence-corrected chi connectivity index (χ0v) is 27.9. The maximum absolute atomic E-state index is 13.8. The van der Waals surface area contributed by atoms with E-state index in [1.807, 2.05) is 13.8 Å². The van der Waals surface area contributed by atoms with Crippen molar-refractivity contribution in [2.75, 3.05) is 4.90 Å². The number of anilines is 1. The molecule has 16 heteroatoms. The van der Waals surface area contributed by atoms with Crippen molar-refractivity contribution in [2.45, 2.75) is 108 Å². The van der Waals surface area contributed by atoms with Crippen LogP contribution in [0, 0.1) is 5.92 Å². The van der Waals surface area contributed by atoms with Gasteiger partial charge in [0.2, 0.25) is 5.95 Å². The standard InChI is InChI=1S/C34H40F6N6O4/c1-4-26-13-28(14-27(5-2)46(26)32(49)50-29-8-6-21(7-9-29)30(47)48)45(31-41-15-22(16-42-31)23-17-43-44(3)19-23)18-20-10-24(33(35,36)37)12-25(11-20)34(38,39)40/h10-12,15-17,19,21,26-29H,4-9,13-14,18H2,1-3H3,(H,47,48). The molecular weight excluding hydrogens is 670 g/mol. The Morgan fingerprint density at radius 3 is 1.90 bits per heavy atom. The van der Waals surface area contributed by atoms with Gasteiger partial charge in [0.15, 0.2) is 0 Å². The Balaban J connectivity index is 1.46. The number of benzene rings is 1. The molecule has 0 spiro atoms. The van der Waals surface area contributed by atoms with E-state index in [1.165, 1.54) is 12.4 Å². The number of alkyl halides is 6. The minimum Gasteiger partial charge on any atom is -0.481 e. The van der Waals surface area contributed by atoms with Crippen molar-refractivity contribution in [2.24, 2.45) is 13.0 Å². The summed E-state index contributed by atoms with van der Waals surface area (Å²) < 4.78 is 90.3. The molecule has 1 aliphatic heterocycles. The third-order valence-electron chi connectivity index (χ3n) is 9.69. The van der Waals surface area contributed by atoms with Gasteiger partial charge >= 0.3 is 24.4 Å². The minimum absolute atomic E-state index is 0.103. The number of carbonyl (C=O) groups excluding carboxylic acids is 1. The number of likely N-dealkylation sites (tertiary alicyclic amines) is 1. The fraction of sp³-hybridized carbons (Fsp3) is 0.559. The fourth-order valence-electron chi connectivity index (χ4n) is 7.02. The molecule has 2 atom stereocenters. The molecule has 5 rings (SSSR count). The van der Waals surface area contributed by atoms with E-state index in [4.69, 9.17) is 4.74 Å². The normalized spacial score (nSPS) is 23.1. The number of carboxylic acid groups (broad SMARTS) is 1. The summed E-state index contributed by atoms with van der Waals surface area (Å²) in [4.78, 5) is 37.3. The van der Waals surface area contributed by atoms with Gasteiger partial charge in [-0.15, -0.1) is 0 Å². The fourth-order valence-corrected chi connectivity index (χ4v) is 7.02. The van der Waals surface area contributed by atoms with E-state index in [2.05, 4.69) is 15.1 Å². The van der Waals surface area contributed by atoms with E-state index in [0.717, 1.165) is 5.56 Å². The predicted octanol–water partition coefficient (Wildman–Crippen LogP) is 7.72. The Morgan fingerprint density at radius 1 is 0.880 bits per heavy atom. The van der Waals surface area contributed by atoms with Gasteiger partial charge in [0.05, 0.1) is 23.2 Å². The number of carboxylic acids is 1. The van der Waals surface area contributed by atoms with E-state index >= 15 is 0 Å². The smallest absolute Gasteiger partial charge is 0.416 e. The van der Waals surface area contributed by atoms with Gasteiger partial charge in [-0.25, -0.2) is 14.8 Å². The molecule has 1 saturated heterocycles. The van der Waals surface area contributed by atoms with Crippen LogP contribution in [0.5, 0.6) is 0 Å². The lowest BCUT2D eigenvalue weighted by molar-refractivity contribution is -0.144. The number of carbonyl (C=O) groups is 2. The van der Waals surface area contributed by atoms with Crippen LogP contribution in [0.15, 0.2) is 43.0 Å². The first-order valence-corrected chi connectivity index (χ1v) is 16.6. The molecule has 2 aromatic heterocycles. The van der Waals surface area contributed by atoms with E-state index in [0.29, 0.717) is 69.1 Å². The number of hydrogen-bond donors (Lipinski definition) is 1. The molecule has 1 saturated carbocycles. The summed E-state index contributed by atoms with van der Waals surface area (Å²) in [5.74, 6) is -1.22. The van der Waals surface area contributed by atoms with Crippen molar-refractivity contribution in [1.29, 1.82) is 0 Å². The number of amides is 1. The first-order chi connectivity index (χ1) is 23.6. The van der Waals surface area contributed by atoms with Crippen molar-refractivity contribution < 1.29 is 45.8 Å². The summed E-state index contributed by atoms with van der Waals surface area (Å²) in [5, 5.41) is 13.5. The van der Waals surface area contributed by atoms with Gasteiger partial charge in [0.1, 0.15) is 6.10 Å². The van der Waals surface area contributed by atoms with Crippen LogP contribution in [-0.4, -0.2) is 66.0 Å². The molecular formula is C34H40F6N6O4. The molecule has 0 radical (unpaired) electrons. The molecule has 2 aliphatic rings. The van der Waals surface area contributed by atoms with E-state index < -0.39 is 53.6 Å². The van der Waals surface area contributed by atoms with Crippen LogP contribution in [0.1, 0.15) is 81.9 Å². The topological polar surface area (TPSA) is 114 Å². The molecule has 10 nitrogen and oxygen atoms in total. The maximum Gasteiger partial charge on any atom is 0.416 e. The Bertz CT molecular complexity index is 1590. The Hall–Kier alpha value is -4.37. The van der Waals surface area contributed by atoms with Crippen LogP contribution in [-0.2, 0) is 35.5 Å². The largest absolute Gasteiger partial charge is 0.481 e. The third-order valence-corrected chi connectivity index (χ3v) is 9.69. The Kier molecular flexibility index (Phi) is 11.0. The monoisotopic (exact) mass is 710 g/mol. The highest BCUT2D eigenvalue weighted by Crippen LogP contribution is 2.39. The first kappa shape index (κ1) is 36.9. The maximum atomic E-state index is 13.8. The van der Waals surface area contributed by atoms with Crippen LogP contribution >= 0.6 is 0 Å². The van der Waals surface area contributed by atoms with Gasteiger partial charge in [-0.1, -0.05) is 13.8 Å². The van der Waals surface area contributed by atoms with Crippen LogP contribution in [0.4, 0.5) is 37.1 Å². The van der Waals surface area contributed by atoms with E-state index in [1.54, 1.807) is 33.9 Å². The van der Waals surface area contributed by atoms with Crippen LogP contribution in [0.25, 0.3) is 11.1 Å². The van der Waals surface area contributed by atoms with Gasteiger partial charge in [-0.05, 0) is 75.1 Å². The predicted molar refractivity (Wildman–Crippen MR) is 170 cm³/mol. The second kappa shape index (κ2) is 14.9. The molecule has 272 valence electrons. The van der Waals surface area contributed by atoms with Crippen molar-refractivity contribution in [1.82, 2.24) is 24.6 Å². The van der Waals surface area contributed by atoms with Gasteiger partial charge in [-0.3, -0.25) is 9.48 Å². The lowest BCUT2D eigenvalue weighted by Crippen LogP contribution is -2.57. The number of halogens is 6. The zero-order chi connectivity index (χ0) is 36.4. The molecule has 50 heavy (non-hydrogen) atoms. The summed E-state index contributed by atoms with van der Waals surface area (Å²) >= 11 is 0. The van der Waals surface area contributed by atoms with Gasteiger partial charge < -0.3 is 19.6 Å². The van der Waals surface area contributed by atoms with Gasteiger partial charge in [0.25, 0.3) is 0 Å². The van der Waals surface area contributed by atoms with E-state index in [-0.39, 0.29) is 36.2 Å². The van der Waals surface area contributed by atoms with Crippen LogP contribution in [0.3, 0.4) is 0 Å².